The maximum atomic E-state index is 13.1. The van der Waals surface area contributed by atoms with E-state index in [1.807, 2.05) is 6.07 Å². The Morgan fingerprint density at radius 3 is 2.70 bits per heavy atom. The van der Waals surface area contributed by atoms with Crippen molar-refractivity contribution in [2.75, 3.05) is 50.5 Å². The van der Waals surface area contributed by atoms with Gasteiger partial charge in [-0.25, -0.2) is 9.97 Å². The van der Waals surface area contributed by atoms with Crippen LogP contribution in [-0.2, 0) is 11.0 Å². The van der Waals surface area contributed by atoms with Gasteiger partial charge in [0.1, 0.15) is 17.8 Å². The summed E-state index contributed by atoms with van der Waals surface area (Å²) in [7, 11) is 1.54. The molecule has 0 radical (unpaired) electrons. The number of hydrogen-bond acceptors (Lipinski definition) is 8. The number of nitrogens with zero attached hydrogens (tertiary/aromatic N) is 3. The lowest BCUT2D eigenvalue weighted by atomic mass is 10.1. The molecule has 0 aliphatic carbocycles. The zero-order chi connectivity index (χ0) is 30.6. The molecule has 1 aliphatic rings. The third-order valence-electron chi connectivity index (χ3n) is 6.89. The third kappa shape index (κ3) is 7.12. The van der Waals surface area contributed by atoms with Crippen LogP contribution in [0.3, 0.4) is 0 Å². The van der Waals surface area contributed by atoms with Gasteiger partial charge in [-0.3, -0.25) is 14.5 Å². The molecule has 2 heterocycles. The number of nitrogens with one attached hydrogen (secondary N) is 3. The lowest BCUT2D eigenvalue weighted by Crippen LogP contribution is -2.48. The Bertz CT molecular complexity index is 1660. The van der Waals surface area contributed by atoms with E-state index >= 15 is 0 Å². The van der Waals surface area contributed by atoms with Crippen LogP contribution in [0.4, 0.5) is 24.5 Å². The van der Waals surface area contributed by atoms with E-state index in [2.05, 4.69) is 30.8 Å². The first-order valence-electron chi connectivity index (χ1n) is 13.4. The van der Waals surface area contributed by atoms with Crippen molar-refractivity contribution in [3.05, 3.63) is 77.6 Å². The molecule has 0 saturated carbocycles. The van der Waals surface area contributed by atoms with E-state index in [-0.39, 0.29) is 23.0 Å². The Labute approximate surface area is 245 Å². The van der Waals surface area contributed by atoms with Gasteiger partial charge in [-0.2, -0.15) is 13.2 Å². The van der Waals surface area contributed by atoms with Crippen LogP contribution in [0.1, 0.15) is 21.5 Å². The highest BCUT2D eigenvalue weighted by Gasteiger charge is 2.30. The Kier molecular flexibility index (Phi) is 8.62. The van der Waals surface area contributed by atoms with E-state index < -0.39 is 17.6 Å². The molecule has 0 atom stereocenters. The number of carbonyl (C=O) groups is 2. The van der Waals surface area contributed by atoms with E-state index in [9.17, 15) is 22.8 Å². The number of methoxy groups -OCH3 is 1. The summed E-state index contributed by atoms with van der Waals surface area (Å²) >= 11 is 0. The van der Waals surface area contributed by atoms with Gasteiger partial charge in [-0.05, 0) is 55.0 Å². The molecule has 1 saturated heterocycles. The van der Waals surface area contributed by atoms with Gasteiger partial charge in [-0.1, -0.05) is 12.1 Å². The molecule has 13 heteroatoms. The Morgan fingerprint density at radius 2 is 1.93 bits per heavy atom. The van der Waals surface area contributed by atoms with Crippen molar-refractivity contribution in [1.82, 2.24) is 20.2 Å². The van der Waals surface area contributed by atoms with Crippen molar-refractivity contribution in [3.63, 3.8) is 0 Å². The molecule has 224 valence electrons. The number of ether oxygens (including phenoxy) is 2. The van der Waals surface area contributed by atoms with Crippen LogP contribution in [0.5, 0.6) is 17.4 Å². The normalized spacial score (nSPS) is 13.8. The van der Waals surface area contributed by atoms with E-state index in [0.717, 1.165) is 18.7 Å². The fourth-order valence-electron chi connectivity index (χ4n) is 4.61. The smallest absolute Gasteiger partial charge is 0.416 e. The molecular weight excluding hydrogens is 565 g/mol. The number of carbonyl (C=O) groups excluding carboxylic acids is 2. The number of halogens is 3. The van der Waals surface area contributed by atoms with Gasteiger partial charge < -0.3 is 25.4 Å². The predicted molar refractivity (Wildman–Crippen MR) is 155 cm³/mol. The minimum Gasteiger partial charge on any atom is -0.495 e. The molecule has 10 nitrogen and oxygen atoms in total. The molecule has 1 fully saturated rings. The maximum Gasteiger partial charge on any atom is 0.416 e. The zero-order valence-corrected chi connectivity index (χ0v) is 23.4. The van der Waals surface area contributed by atoms with Gasteiger partial charge in [0.15, 0.2) is 0 Å². The molecule has 1 aliphatic heterocycles. The topological polar surface area (TPSA) is 118 Å². The highest BCUT2D eigenvalue weighted by atomic mass is 19.4. The monoisotopic (exact) mass is 594 g/mol. The Balaban J connectivity index is 1.33. The number of benzene rings is 3. The summed E-state index contributed by atoms with van der Waals surface area (Å²) in [5.41, 5.74) is 1.35. The van der Waals surface area contributed by atoms with Gasteiger partial charge in [0, 0.05) is 37.4 Å². The number of fused-ring (bicyclic) bond motifs is 1. The zero-order valence-electron chi connectivity index (χ0n) is 23.4. The molecule has 2 amide bonds. The summed E-state index contributed by atoms with van der Waals surface area (Å²) < 4.78 is 51.0. The first kappa shape index (κ1) is 29.6. The lowest BCUT2D eigenvalue weighted by Gasteiger charge is -2.26. The van der Waals surface area contributed by atoms with Crippen molar-refractivity contribution in [3.8, 4) is 17.4 Å². The van der Waals surface area contributed by atoms with Crippen molar-refractivity contribution in [2.24, 2.45) is 0 Å². The number of hydrogen-bond donors (Lipinski definition) is 3. The van der Waals surface area contributed by atoms with E-state index in [1.54, 1.807) is 32.2 Å². The number of rotatable bonds is 9. The second-order valence-corrected chi connectivity index (χ2v) is 9.92. The number of aromatic nitrogens is 2. The quantitative estimate of drug-likeness (QED) is 0.252. The molecule has 0 unspecified atom stereocenters. The summed E-state index contributed by atoms with van der Waals surface area (Å²) in [4.78, 5) is 35.3. The number of aryl methyl sites for hydroxylation is 1. The summed E-state index contributed by atoms with van der Waals surface area (Å²) in [6.45, 7) is 4.81. The average Bonchev–Trinajstić information content (AvgIpc) is 2.98. The van der Waals surface area contributed by atoms with Gasteiger partial charge in [0.2, 0.25) is 11.8 Å². The SMILES string of the molecule is COc1cc2c(Oc3cc(C(=O)Nc4cccc(C(F)(F)F)c4)ccc3C)ncnc2cc1NCCN1CCNC(=O)C1. The molecular formula is C30H29F3N6O4. The van der Waals surface area contributed by atoms with E-state index in [0.29, 0.717) is 59.8 Å². The number of amides is 2. The van der Waals surface area contributed by atoms with Crippen LogP contribution in [-0.4, -0.2) is 66.5 Å². The molecule has 5 rings (SSSR count). The number of anilines is 2. The number of piperazine rings is 1. The van der Waals surface area contributed by atoms with E-state index in [1.165, 1.54) is 24.5 Å². The van der Waals surface area contributed by atoms with E-state index in [4.69, 9.17) is 9.47 Å². The van der Waals surface area contributed by atoms with Crippen molar-refractivity contribution >= 4 is 34.1 Å². The predicted octanol–water partition coefficient (Wildman–Crippen LogP) is 4.85. The average molecular weight is 595 g/mol. The van der Waals surface area contributed by atoms with Gasteiger partial charge >= 0.3 is 6.18 Å². The minimum absolute atomic E-state index is 0.0101. The molecule has 4 aromatic rings. The van der Waals surface area contributed by atoms with Crippen LogP contribution in [0.15, 0.2) is 60.9 Å². The standard InChI is InChI=1S/C30H29F3N6O4/c1-18-6-7-19(28(41)38-21-5-3-4-20(13-21)30(31,32)33)12-25(18)43-29-22-14-26(42-2)24(15-23(22)36-17-37-29)34-8-10-39-11-9-35-27(40)16-39/h3-7,12-15,17,34H,8-11,16H2,1-2H3,(H,35,40)(H,38,41). The van der Waals surface area contributed by atoms with Crippen molar-refractivity contribution < 1.29 is 32.2 Å². The first-order valence-corrected chi connectivity index (χ1v) is 13.4. The molecule has 3 N–H and O–H groups in total. The Morgan fingerprint density at radius 1 is 1.09 bits per heavy atom. The van der Waals surface area contributed by atoms with Gasteiger partial charge in [0.05, 0.1) is 35.8 Å². The lowest BCUT2D eigenvalue weighted by molar-refractivity contribution is -0.137. The summed E-state index contributed by atoms with van der Waals surface area (Å²) in [6.07, 6.45) is -3.17. The second kappa shape index (κ2) is 12.5. The fraction of sp³-hybridized carbons (Fsp3) is 0.267. The van der Waals surface area contributed by atoms with Crippen molar-refractivity contribution in [1.29, 1.82) is 0 Å². The second-order valence-electron chi connectivity index (χ2n) is 9.92. The fourth-order valence-corrected chi connectivity index (χ4v) is 4.61. The first-order chi connectivity index (χ1) is 20.6. The van der Waals surface area contributed by atoms with Gasteiger partial charge in [0.25, 0.3) is 5.91 Å². The molecule has 0 spiro atoms. The Hall–Kier alpha value is -4.91. The summed E-state index contributed by atoms with van der Waals surface area (Å²) in [5, 5.41) is 9.22. The minimum atomic E-state index is -4.53. The molecule has 0 bridgehead atoms. The van der Waals surface area contributed by atoms with Crippen LogP contribution in [0.2, 0.25) is 0 Å². The van der Waals surface area contributed by atoms with Crippen LogP contribution in [0, 0.1) is 6.92 Å². The summed E-state index contributed by atoms with van der Waals surface area (Å²) in [5.74, 6) is 0.515. The third-order valence-corrected chi connectivity index (χ3v) is 6.89. The van der Waals surface area contributed by atoms with Crippen LogP contribution >= 0.6 is 0 Å². The van der Waals surface area contributed by atoms with Crippen LogP contribution < -0.4 is 25.4 Å². The molecule has 43 heavy (non-hydrogen) atoms. The molecule has 1 aromatic heterocycles. The van der Waals surface area contributed by atoms with Crippen LogP contribution in [0.25, 0.3) is 10.9 Å². The maximum absolute atomic E-state index is 13.1. The highest BCUT2D eigenvalue weighted by Crippen LogP contribution is 2.36. The van der Waals surface area contributed by atoms with Crippen molar-refractivity contribution in [2.45, 2.75) is 13.1 Å². The number of alkyl halides is 3. The summed E-state index contributed by atoms with van der Waals surface area (Å²) in [6, 6.07) is 12.7. The van der Waals surface area contributed by atoms with Gasteiger partial charge in [-0.15, -0.1) is 0 Å². The highest BCUT2D eigenvalue weighted by molar-refractivity contribution is 6.04. The molecule has 3 aromatic carbocycles. The largest absolute Gasteiger partial charge is 0.495 e.